The van der Waals surface area contributed by atoms with Crippen LogP contribution in [0.15, 0.2) is 316 Å². The fourth-order valence-corrected chi connectivity index (χ4v) is 15.8. The molecule has 21 aromatic rings. The number of fused-ring (bicyclic) bond motifs is 20. The Balaban J connectivity index is 0.683. The maximum Gasteiger partial charge on any atom is 0.0780 e. The lowest BCUT2D eigenvalue weighted by Gasteiger charge is -2.14. The van der Waals surface area contributed by atoms with Crippen LogP contribution in [0.1, 0.15) is 0 Å². The molecule has 0 bridgehead atoms. The summed E-state index contributed by atoms with van der Waals surface area (Å²) < 4.78 is 7.21. The Kier molecular flexibility index (Phi) is 10.9. The third-order valence-corrected chi connectivity index (χ3v) is 20.3. The Hall–Kier alpha value is -12.8. The number of para-hydroxylation sites is 4. The Labute approximate surface area is 543 Å². The van der Waals surface area contributed by atoms with E-state index in [0.29, 0.717) is 0 Å². The van der Waals surface area contributed by atoms with Crippen molar-refractivity contribution in [3.05, 3.63) is 316 Å². The van der Waals surface area contributed by atoms with Gasteiger partial charge in [0.1, 0.15) is 0 Å². The summed E-state index contributed by atoms with van der Waals surface area (Å²) in [6.45, 7) is 0. The van der Waals surface area contributed by atoms with Crippen LogP contribution in [0.25, 0.3) is 202 Å². The molecule has 0 N–H and O–H groups in total. The first-order valence-corrected chi connectivity index (χ1v) is 32.5. The minimum Gasteiger partial charge on any atom is -0.309 e. The van der Waals surface area contributed by atoms with Crippen molar-refractivity contribution in [3.63, 3.8) is 0 Å². The standard InChI is InChI=1S/C89H52N6/c1-3-15-55-48-85-79(46-53(55)13-1)77-19-7-11-23-83(77)94(85)70-32-35-73-58(44-70)26-29-61-38-67(51-91-88(61)73)64-40-63(66-37-60-28-25-57-43-69(31-34-72(57)87(60)90-50-66)93-81-21-9-5-17-75(81)76-18-6-10-22-82(76)93)41-65(42-64)68-39-62-30-27-59-45-71(33-36-74(59)89(62)92-52-68)95-84-24-12-8-20-78(84)80-47-54-14-2-4-16-56(54)49-86(80)95/h1-52H. The minimum absolute atomic E-state index is 0.970. The SMILES string of the molecule is c1ccc2cc3c(cc2c1)c1ccccc1n3-c1ccc2c(ccc3cc(-c4cc(-c5cnc6c(ccc7cc(-n8c9ccccc9c9ccccc98)ccc76)c5)cc(-c5cnc6c(ccc7cc(-n8c9ccccc9c9cc%10ccccc%10cc98)ccc76)c5)c4)cnc32)c1. The molecule has 0 aliphatic rings. The second-order valence-electron chi connectivity index (χ2n) is 25.6. The summed E-state index contributed by atoms with van der Waals surface area (Å²) in [6.07, 6.45) is 6.15. The molecule has 0 atom stereocenters. The molecule has 6 heterocycles. The fourth-order valence-electron chi connectivity index (χ4n) is 15.8. The zero-order valence-electron chi connectivity index (χ0n) is 51.2. The second kappa shape index (κ2) is 19.9. The lowest BCUT2D eigenvalue weighted by Crippen LogP contribution is -1.95. The van der Waals surface area contributed by atoms with E-state index in [2.05, 4.69) is 323 Å². The summed E-state index contributed by atoms with van der Waals surface area (Å²) in [5, 5.41) is 22.4. The summed E-state index contributed by atoms with van der Waals surface area (Å²) >= 11 is 0. The molecule has 0 aliphatic heterocycles. The van der Waals surface area contributed by atoms with Crippen molar-refractivity contribution in [1.82, 2.24) is 28.7 Å². The van der Waals surface area contributed by atoms with Crippen LogP contribution in [-0.2, 0) is 0 Å². The average Bonchev–Trinajstić information content (AvgIpc) is 1.64. The van der Waals surface area contributed by atoms with Gasteiger partial charge in [0.25, 0.3) is 0 Å². The van der Waals surface area contributed by atoms with Gasteiger partial charge in [0.05, 0.1) is 49.7 Å². The molecule has 0 fully saturated rings. The monoisotopic (exact) mass is 1200 g/mol. The highest BCUT2D eigenvalue weighted by Crippen LogP contribution is 2.42. The van der Waals surface area contributed by atoms with E-state index in [9.17, 15) is 0 Å². The number of aromatic nitrogens is 6. The Bertz CT molecular complexity index is 6580. The van der Waals surface area contributed by atoms with Gasteiger partial charge in [-0.3, -0.25) is 15.0 Å². The summed E-state index contributed by atoms with van der Waals surface area (Å²) in [5.74, 6) is 0. The van der Waals surface area contributed by atoms with Gasteiger partial charge < -0.3 is 13.7 Å². The molecule has 6 nitrogen and oxygen atoms in total. The van der Waals surface area contributed by atoms with Gasteiger partial charge in [-0.2, -0.15) is 0 Å². The molecule has 95 heavy (non-hydrogen) atoms. The molecule has 0 amide bonds. The van der Waals surface area contributed by atoms with Crippen LogP contribution in [0.4, 0.5) is 0 Å². The quantitative estimate of drug-likeness (QED) is 0.156. The first-order chi connectivity index (χ1) is 47.0. The number of rotatable bonds is 6. The Morgan fingerprint density at radius 1 is 0.168 bits per heavy atom. The second-order valence-corrected chi connectivity index (χ2v) is 25.6. The predicted octanol–water partition coefficient (Wildman–Crippen LogP) is 23.4. The molecule has 0 unspecified atom stereocenters. The predicted molar refractivity (Wildman–Crippen MR) is 399 cm³/mol. The lowest BCUT2D eigenvalue weighted by atomic mass is 9.93. The Morgan fingerprint density at radius 3 is 0.800 bits per heavy atom. The van der Waals surface area contributed by atoms with E-state index in [1.165, 1.54) is 87.0 Å². The van der Waals surface area contributed by atoms with Crippen LogP contribution < -0.4 is 0 Å². The first kappa shape index (κ1) is 51.9. The summed E-state index contributed by atoms with van der Waals surface area (Å²) in [5.41, 5.74) is 19.7. The third kappa shape index (κ3) is 7.89. The van der Waals surface area contributed by atoms with Gasteiger partial charge >= 0.3 is 0 Å². The van der Waals surface area contributed by atoms with E-state index in [4.69, 9.17) is 15.0 Å². The number of benzene rings is 15. The molecule has 0 saturated carbocycles. The van der Waals surface area contributed by atoms with Gasteiger partial charge in [0, 0.05) is 117 Å². The van der Waals surface area contributed by atoms with Crippen molar-refractivity contribution in [1.29, 1.82) is 0 Å². The van der Waals surface area contributed by atoms with Gasteiger partial charge in [0.2, 0.25) is 0 Å². The minimum atomic E-state index is 0.970. The van der Waals surface area contributed by atoms with E-state index in [1.807, 2.05) is 6.20 Å². The molecule has 15 aromatic carbocycles. The van der Waals surface area contributed by atoms with Crippen LogP contribution >= 0.6 is 0 Å². The summed E-state index contributed by atoms with van der Waals surface area (Å²) in [4.78, 5) is 16.0. The average molecular weight is 1210 g/mol. The summed E-state index contributed by atoms with van der Waals surface area (Å²) in [7, 11) is 0. The highest BCUT2D eigenvalue weighted by atomic mass is 15.0. The van der Waals surface area contributed by atoms with Crippen molar-refractivity contribution >= 4 is 152 Å². The maximum atomic E-state index is 5.34. The molecule has 21 rings (SSSR count). The highest BCUT2D eigenvalue weighted by Gasteiger charge is 2.20. The van der Waals surface area contributed by atoms with Crippen LogP contribution in [0, 0.1) is 0 Å². The molecule has 0 aliphatic carbocycles. The fraction of sp³-hybridized carbons (Fsp3) is 0. The smallest absolute Gasteiger partial charge is 0.0780 e. The highest BCUT2D eigenvalue weighted by molar-refractivity contribution is 6.17. The van der Waals surface area contributed by atoms with Crippen LogP contribution in [0.3, 0.4) is 0 Å². The van der Waals surface area contributed by atoms with E-state index in [-0.39, 0.29) is 0 Å². The van der Waals surface area contributed by atoms with E-state index < -0.39 is 0 Å². The number of nitrogens with zero attached hydrogens (tertiary/aromatic N) is 6. The van der Waals surface area contributed by atoms with Crippen LogP contribution in [-0.4, -0.2) is 28.7 Å². The topological polar surface area (TPSA) is 53.5 Å². The molecule has 0 spiro atoms. The molecule has 0 radical (unpaired) electrons. The molecular formula is C89H52N6. The van der Waals surface area contributed by atoms with Crippen molar-refractivity contribution in [2.45, 2.75) is 0 Å². The summed E-state index contributed by atoms with van der Waals surface area (Å²) in [6, 6.07) is 109. The van der Waals surface area contributed by atoms with Crippen LogP contribution in [0.5, 0.6) is 0 Å². The third-order valence-electron chi connectivity index (χ3n) is 20.3. The molecular weight excluding hydrogens is 1150 g/mol. The van der Waals surface area contributed by atoms with Crippen LogP contribution in [0.2, 0.25) is 0 Å². The normalized spacial score (nSPS) is 12.2. The molecule has 6 heteroatoms. The van der Waals surface area contributed by atoms with Gasteiger partial charge in [-0.15, -0.1) is 0 Å². The van der Waals surface area contributed by atoms with Crippen molar-refractivity contribution in [3.8, 4) is 50.4 Å². The number of hydrogen-bond acceptors (Lipinski definition) is 3. The van der Waals surface area contributed by atoms with Gasteiger partial charge in [-0.25, -0.2) is 0 Å². The molecule has 0 saturated heterocycles. The zero-order valence-corrected chi connectivity index (χ0v) is 51.2. The van der Waals surface area contributed by atoms with Crippen molar-refractivity contribution in [2.75, 3.05) is 0 Å². The van der Waals surface area contributed by atoms with E-state index >= 15 is 0 Å². The zero-order chi connectivity index (χ0) is 62.0. The van der Waals surface area contributed by atoms with Crippen molar-refractivity contribution < 1.29 is 0 Å². The van der Waals surface area contributed by atoms with E-state index in [1.54, 1.807) is 0 Å². The number of pyridine rings is 3. The maximum absolute atomic E-state index is 5.34. The van der Waals surface area contributed by atoms with Gasteiger partial charge in [-0.1, -0.05) is 176 Å². The molecule has 6 aromatic heterocycles. The lowest BCUT2D eigenvalue weighted by molar-refractivity contribution is 1.19. The first-order valence-electron chi connectivity index (χ1n) is 32.5. The van der Waals surface area contributed by atoms with Gasteiger partial charge in [-0.05, 0) is 176 Å². The Morgan fingerprint density at radius 2 is 0.453 bits per heavy atom. The largest absolute Gasteiger partial charge is 0.309 e. The number of hydrogen-bond donors (Lipinski definition) is 0. The van der Waals surface area contributed by atoms with Crippen molar-refractivity contribution in [2.24, 2.45) is 0 Å². The molecule has 438 valence electrons. The van der Waals surface area contributed by atoms with Gasteiger partial charge in [0.15, 0.2) is 0 Å². The van der Waals surface area contributed by atoms with E-state index in [0.717, 1.165) is 115 Å².